The molecule has 114 valence electrons. The first kappa shape index (κ1) is 17.2. The van der Waals surface area contributed by atoms with E-state index in [-0.39, 0.29) is 24.5 Å². The molecule has 1 fully saturated rings. The number of hydrogen-bond acceptors (Lipinski definition) is 2. The highest BCUT2D eigenvalue weighted by Gasteiger charge is 2.34. The van der Waals surface area contributed by atoms with Gasteiger partial charge in [0.2, 0.25) is 0 Å². The lowest BCUT2D eigenvalue weighted by Gasteiger charge is -2.19. The van der Waals surface area contributed by atoms with Crippen molar-refractivity contribution in [2.45, 2.75) is 19.1 Å². The van der Waals surface area contributed by atoms with E-state index in [0.717, 1.165) is 19.0 Å². The molecule has 0 radical (unpaired) electrons. The Bertz CT molecular complexity index is 450. The van der Waals surface area contributed by atoms with Gasteiger partial charge in [0.05, 0.1) is 5.56 Å². The van der Waals surface area contributed by atoms with Crippen molar-refractivity contribution in [2.75, 3.05) is 19.6 Å². The van der Waals surface area contributed by atoms with Gasteiger partial charge in [-0.3, -0.25) is 4.90 Å². The van der Waals surface area contributed by atoms with Gasteiger partial charge in [-0.15, -0.1) is 12.4 Å². The molecule has 1 heterocycles. The van der Waals surface area contributed by atoms with Crippen LogP contribution in [0.1, 0.15) is 17.5 Å². The minimum absolute atomic E-state index is 0. The smallest absolute Gasteiger partial charge is 0.330 e. The van der Waals surface area contributed by atoms with Gasteiger partial charge >= 0.3 is 6.18 Å². The fourth-order valence-corrected chi connectivity index (χ4v) is 2.44. The summed E-state index contributed by atoms with van der Waals surface area (Å²) in [6.07, 6.45) is -3.62. The molecule has 2 rings (SSSR count). The lowest BCUT2D eigenvalue weighted by Crippen LogP contribution is -2.24. The Morgan fingerprint density at radius 2 is 2.00 bits per heavy atom. The molecule has 1 aromatic carbocycles. The van der Waals surface area contributed by atoms with Crippen LogP contribution in [0, 0.1) is 11.7 Å². The van der Waals surface area contributed by atoms with Crippen molar-refractivity contribution < 1.29 is 17.6 Å². The molecule has 0 aromatic heterocycles. The third kappa shape index (κ3) is 4.07. The molecular weight excluding hydrogens is 296 g/mol. The van der Waals surface area contributed by atoms with Gasteiger partial charge in [-0.2, -0.15) is 13.2 Å². The third-order valence-corrected chi connectivity index (χ3v) is 3.47. The van der Waals surface area contributed by atoms with Crippen LogP contribution >= 0.6 is 12.4 Å². The zero-order chi connectivity index (χ0) is 14.0. The second-order valence-corrected chi connectivity index (χ2v) is 4.92. The highest BCUT2D eigenvalue weighted by Crippen LogP contribution is 2.33. The summed E-state index contributed by atoms with van der Waals surface area (Å²) in [6, 6.07) is 2.85. The van der Waals surface area contributed by atoms with Crippen LogP contribution in [0.25, 0.3) is 0 Å². The molecule has 20 heavy (non-hydrogen) atoms. The van der Waals surface area contributed by atoms with Gasteiger partial charge in [0.1, 0.15) is 5.82 Å². The molecule has 1 aliphatic heterocycles. The standard InChI is InChI=1S/C13H16F4N2.ClH/c14-11-2-1-10(12(5-11)13(15,16)17)8-19-4-3-9(6-18)7-19;/h1-2,5,9H,3-4,6-8,18H2;1H. The third-order valence-electron chi connectivity index (χ3n) is 3.47. The van der Waals surface area contributed by atoms with Gasteiger partial charge in [-0.05, 0) is 43.1 Å². The summed E-state index contributed by atoms with van der Waals surface area (Å²) in [6.45, 7) is 2.17. The van der Waals surface area contributed by atoms with Gasteiger partial charge in [0, 0.05) is 13.1 Å². The van der Waals surface area contributed by atoms with Crippen molar-refractivity contribution >= 4 is 12.4 Å². The van der Waals surface area contributed by atoms with E-state index in [1.807, 2.05) is 4.90 Å². The first-order valence-electron chi connectivity index (χ1n) is 6.18. The second-order valence-electron chi connectivity index (χ2n) is 4.92. The highest BCUT2D eigenvalue weighted by atomic mass is 35.5. The number of nitrogens with zero attached hydrogens (tertiary/aromatic N) is 1. The molecule has 0 aliphatic carbocycles. The van der Waals surface area contributed by atoms with Gasteiger partial charge in [-0.25, -0.2) is 4.39 Å². The zero-order valence-electron chi connectivity index (χ0n) is 10.8. The summed E-state index contributed by atoms with van der Waals surface area (Å²) < 4.78 is 51.5. The summed E-state index contributed by atoms with van der Waals surface area (Å²) in [4.78, 5) is 1.93. The predicted molar refractivity (Wildman–Crippen MR) is 71.1 cm³/mol. The Kier molecular flexibility index (Phi) is 5.79. The van der Waals surface area contributed by atoms with Gasteiger partial charge in [0.15, 0.2) is 0 Å². The Labute approximate surface area is 121 Å². The number of alkyl halides is 3. The quantitative estimate of drug-likeness (QED) is 0.869. The molecule has 0 bridgehead atoms. The molecule has 1 aromatic rings. The second kappa shape index (κ2) is 6.74. The van der Waals surface area contributed by atoms with Crippen LogP contribution in [-0.2, 0) is 12.7 Å². The fraction of sp³-hybridized carbons (Fsp3) is 0.538. The van der Waals surface area contributed by atoms with Crippen LogP contribution in [0.15, 0.2) is 18.2 Å². The van der Waals surface area contributed by atoms with Gasteiger partial charge in [0.25, 0.3) is 0 Å². The van der Waals surface area contributed by atoms with Crippen molar-refractivity contribution in [3.63, 3.8) is 0 Å². The Morgan fingerprint density at radius 1 is 1.30 bits per heavy atom. The molecule has 2 N–H and O–H groups in total. The van der Waals surface area contributed by atoms with Crippen LogP contribution in [0.3, 0.4) is 0 Å². The minimum Gasteiger partial charge on any atom is -0.330 e. The fourth-order valence-electron chi connectivity index (χ4n) is 2.44. The molecule has 1 saturated heterocycles. The van der Waals surface area contributed by atoms with Crippen LogP contribution in [0.5, 0.6) is 0 Å². The summed E-state index contributed by atoms with van der Waals surface area (Å²) in [7, 11) is 0. The molecule has 0 amide bonds. The van der Waals surface area contributed by atoms with Crippen molar-refractivity contribution in [3.05, 3.63) is 35.1 Å². The topological polar surface area (TPSA) is 29.3 Å². The lowest BCUT2D eigenvalue weighted by molar-refractivity contribution is -0.138. The maximum absolute atomic E-state index is 13.0. The van der Waals surface area contributed by atoms with Gasteiger partial charge in [-0.1, -0.05) is 6.07 Å². The average molecular weight is 313 g/mol. The minimum atomic E-state index is -4.52. The normalized spacial score (nSPS) is 19.9. The average Bonchev–Trinajstić information content (AvgIpc) is 2.78. The molecule has 2 nitrogen and oxygen atoms in total. The van der Waals surface area contributed by atoms with Crippen molar-refractivity contribution in [3.8, 4) is 0 Å². The maximum atomic E-state index is 13.0. The van der Waals surface area contributed by atoms with E-state index in [1.165, 1.54) is 6.07 Å². The van der Waals surface area contributed by atoms with Crippen molar-refractivity contribution in [2.24, 2.45) is 11.7 Å². The van der Waals surface area contributed by atoms with E-state index < -0.39 is 17.6 Å². The van der Waals surface area contributed by atoms with E-state index in [4.69, 9.17) is 5.73 Å². The molecule has 1 unspecified atom stereocenters. The zero-order valence-corrected chi connectivity index (χ0v) is 11.6. The predicted octanol–water partition coefficient (Wildman–Crippen LogP) is 3.05. The molecule has 1 atom stereocenters. The van der Waals surface area contributed by atoms with Crippen molar-refractivity contribution in [1.29, 1.82) is 0 Å². The Morgan fingerprint density at radius 3 is 2.55 bits per heavy atom. The summed E-state index contributed by atoms with van der Waals surface area (Å²) >= 11 is 0. The number of likely N-dealkylation sites (tertiary alicyclic amines) is 1. The number of halogens is 5. The van der Waals surface area contributed by atoms with E-state index in [1.54, 1.807) is 0 Å². The number of nitrogens with two attached hydrogens (primary N) is 1. The number of hydrogen-bond donors (Lipinski definition) is 1. The summed E-state index contributed by atoms with van der Waals surface area (Å²) in [5, 5.41) is 0. The van der Waals surface area contributed by atoms with Crippen LogP contribution in [0.4, 0.5) is 17.6 Å². The molecule has 1 aliphatic rings. The first-order chi connectivity index (χ1) is 8.90. The lowest BCUT2D eigenvalue weighted by atomic mass is 10.1. The van der Waals surface area contributed by atoms with Crippen LogP contribution in [0.2, 0.25) is 0 Å². The van der Waals surface area contributed by atoms with Crippen molar-refractivity contribution in [1.82, 2.24) is 4.90 Å². The van der Waals surface area contributed by atoms with E-state index in [0.29, 0.717) is 25.1 Å². The van der Waals surface area contributed by atoms with Crippen LogP contribution < -0.4 is 5.73 Å². The van der Waals surface area contributed by atoms with E-state index in [9.17, 15) is 17.6 Å². The SMILES string of the molecule is Cl.NCC1CCN(Cc2ccc(F)cc2C(F)(F)F)C1. The molecule has 0 spiro atoms. The Balaban J connectivity index is 0.00000200. The maximum Gasteiger partial charge on any atom is 0.416 e. The van der Waals surface area contributed by atoms with Gasteiger partial charge < -0.3 is 5.73 Å². The highest BCUT2D eigenvalue weighted by molar-refractivity contribution is 5.85. The summed E-state index contributed by atoms with van der Waals surface area (Å²) in [5.74, 6) is -0.521. The number of benzene rings is 1. The van der Waals surface area contributed by atoms with E-state index in [2.05, 4.69) is 0 Å². The van der Waals surface area contributed by atoms with Crippen LogP contribution in [-0.4, -0.2) is 24.5 Å². The number of rotatable bonds is 3. The Hall–Kier alpha value is -0.850. The summed E-state index contributed by atoms with van der Waals surface area (Å²) in [5.41, 5.74) is 4.78. The molecular formula is C13H17ClF4N2. The van der Waals surface area contributed by atoms with E-state index >= 15 is 0 Å². The first-order valence-corrected chi connectivity index (χ1v) is 6.18. The largest absolute Gasteiger partial charge is 0.416 e. The molecule has 0 saturated carbocycles. The molecule has 7 heteroatoms. The monoisotopic (exact) mass is 312 g/mol.